The number of hydrogen-bond donors (Lipinski definition) is 0. The fraction of sp³-hybridized carbons (Fsp3) is 0.750. The van der Waals surface area contributed by atoms with Crippen LogP contribution in [-0.2, 0) is 9.57 Å². The van der Waals surface area contributed by atoms with Crippen molar-refractivity contribution in [3.8, 4) is 0 Å². The van der Waals surface area contributed by atoms with Crippen LogP contribution in [0.25, 0.3) is 0 Å². The van der Waals surface area contributed by atoms with Crippen LogP contribution in [0.2, 0.25) is 0 Å². The fourth-order valence-electron chi connectivity index (χ4n) is 0.346. The Kier molecular flexibility index (Phi) is 1.15. The van der Waals surface area contributed by atoms with E-state index in [4.69, 9.17) is 4.74 Å². The highest BCUT2D eigenvalue weighted by atomic mass is 16.7. The maximum Gasteiger partial charge on any atom is 0.212 e. The predicted molar refractivity (Wildman–Crippen MR) is 25.0 cm³/mol. The third-order valence-corrected chi connectivity index (χ3v) is 0.720. The standard InChI is InChI=1S/C4H7NO2/c1-4-2-7-5-3-6-4/h3-4H,2H2,1H3. The molecule has 0 amide bonds. The average molecular weight is 101 g/mol. The van der Waals surface area contributed by atoms with Crippen molar-refractivity contribution < 1.29 is 9.57 Å². The molecule has 1 heterocycles. The molecule has 1 aliphatic heterocycles. The summed E-state index contributed by atoms with van der Waals surface area (Å²) in [7, 11) is 0. The van der Waals surface area contributed by atoms with Gasteiger partial charge in [0.05, 0.1) is 0 Å². The van der Waals surface area contributed by atoms with Crippen molar-refractivity contribution >= 4 is 6.40 Å². The van der Waals surface area contributed by atoms with Crippen LogP contribution in [0.4, 0.5) is 0 Å². The van der Waals surface area contributed by atoms with E-state index in [1.807, 2.05) is 6.92 Å². The Labute approximate surface area is 41.9 Å². The lowest BCUT2D eigenvalue weighted by Crippen LogP contribution is -2.17. The van der Waals surface area contributed by atoms with Crippen LogP contribution in [0.5, 0.6) is 0 Å². The van der Waals surface area contributed by atoms with Gasteiger partial charge in [-0.25, -0.2) is 0 Å². The Balaban J connectivity index is 2.32. The van der Waals surface area contributed by atoms with Crippen molar-refractivity contribution in [3.63, 3.8) is 0 Å². The molecule has 0 fully saturated rings. The topological polar surface area (TPSA) is 30.8 Å². The zero-order valence-corrected chi connectivity index (χ0v) is 4.13. The summed E-state index contributed by atoms with van der Waals surface area (Å²) < 4.78 is 4.86. The zero-order chi connectivity index (χ0) is 5.11. The largest absolute Gasteiger partial charge is 0.474 e. The number of hydrogen-bond acceptors (Lipinski definition) is 3. The first-order valence-corrected chi connectivity index (χ1v) is 2.19. The van der Waals surface area contributed by atoms with Gasteiger partial charge < -0.3 is 9.57 Å². The van der Waals surface area contributed by atoms with Gasteiger partial charge in [-0.2, -0.15) is 0 Å². The Hall–Kier alpha value is -0.730. The van der Waals surface area contributed by atoms with Crippen molar-refractivity contribution in [2.45, 2.75) is 13.0 Å². The van der Waals surface area contributed by atoms with Gasteiger partial charge >= 0.3 is 0 Å². The Morgan fingerprint density at radius 2 is 2.71 bits per heavy atom. The van der Waals surface area contributed by atoms with Crippen molar-refractivity contribution in [3.05, 3.63) is 0 Å². The minimum atomic E-state index is 0.164. The second-order valence-corrected chi connectivity index (χ2v) is 1.45. The maximum atomic E-state index is 4.86. The lowest BCUT2D eigenvalue weighted by atomic mass is 10.4. The normalized spacial score (nSPS) is 28.4. The summed E-state index contributed by atoms with van der Waals surface area (Å²) in [5.41, 5.74) is 0. The van der Waals surface area contributed by atoms with Crippen LogP contribution in [-0.4, -0.2) is 19.1 Å². The molecule has 3 nitrogen and oxygen atoms in total. The van der Waals surface area contributed by atoms with Crippen molar-refractivity contribution in [1.82, 2.24) is 0 Å². The highest BCUT2D eigenvalue weighted by Gasteiger charge is 2.03. The summed E-state index contributed by atoms with van der Waals surface area (Å²) in [6.45, 7) is 2.49. The molecule has 0 aromatic rings. The summed E-state index contributed by atoms with van der Waals surface area (Å²) in [5.74, 6) is 0. The van der Waals surface area contributed by atoms with Gasteiger partial charge in [-0.1, -0.05) is 5.16 Å². The minimum absolute atomic E-state index is 0.164. The summed E-state index contributed by atoms with van der Waals surface area (Å²) in [5, 5.41) is 3.38. The Morgan fingerprint density at radius 3 is 3.00 bits per heavy atom. The molecule has 0 saturated carbocycles. The van der Waals surface area contributed by atoms with E-state index in [0.717, 1.165) is 0 Å². The van der Waals surface area contributed by atoms with Crippen LogP contribution in [0.1, 0.15) is 6.92 Å². The van der Waals surface area contributed by atoms with E-state index in [0.29, 0.717) is 6.61 Å². The Morgan fingerprint density at radius 1 is 1.86 bits per heavy atom. The van der Waals surface area contributed by atoms with Gasteiger partial charge in [-0.15, -0.1) is 0 Å². The van der Waals surface area contributed by atoms with E-state index in [-0.39, 0.29) is 6.10 Å². The highest BCUT2D eigenvalue weighted by molar-refractivity contribution is 5.45. The predicted octanol–water partition coefficient (Wildman–Crippen LogP) is 0.365. The fourth-order valence-corrected chi connectivity index (χ4v) is 0.346. The molecule has 0 aromatic heterocycles. The van der Waals surface area contributed by atoms with Gasteiger partial charge in [0.25, 0.3) is 0 Å². The zero-order valence-electron chi connectivity index (χ0n) is 4.13. The molecule has 0 aliphatic carbocycles. The molecule has 3 heteroatoms. The van der Waals surface area contributed by atoms with Crippen molar-refractivity contribution in [2.24, 2.45) is 5.16 Å². The van der Waals surface area contributed by atoms with Gasteiger partial charge in [-0.05, 0) is 6.92 Å². The summed E-state index contributed by atoms with van der Waals surface area (Å²) >= 11 is 0. The van der Waals surface area contributed by atoms with Gasteiger partial charge in [-0.3, -0.25) is 0 Å². The van der Waals surface area contributed by atoms with E-state index in [1.165, 1.54) is 6.40 Å². The molecular formula is C4H7NO2. The molecular weight excluding hydrogens is 94.0 g/mol. The van der Waals surface area contributed by atoms with Gasteiger partial charge in [0.2, 0.25) is 6.40 Å². The third kappa shape index (κ3) is 1.07. The molecule has 40 valence electrons. The molecule has 1 unspecified atom stereocenters. The van der Waals surface area contributed by atoms with Crippen LogP contribution < -0.4 is 0 Å². The van der Waals surface area contributed by atoms with E-state index < -0.39 is 0 Å². The molecule has 0 radical (unpaired) electrons. The van der Waals surface area contributed by atoms with Gasteiger partial charge in [0, 0.05) is 0 Å². The smallest absolute Gasteiger partial charge is 0.212 e. The van der Waals surface area contributed by atoms with E-state index >= 15 is 0 Å². The lowest BCUT2D eigenvalue weighted by Gasteiger charge is -2.11. The molecule has 1 aliphatic rings. The summed E-state index contributed by atoms with van der Waals surface area (Å²) in [6.07, 6.45) is 1.48. The SMILES string of the molecule is CC1CON=CO1. The van der Waals surface area contributed by atoms with Crippen LogP contribution in [0.3, 0.4) is 0 Å². The summed E-state index contributed by atoms with van der Waals surface area (Å²) in [6, 6.07) is 0. The lowest BCUT2D eigenvalue weighted by molar-refractivity contribution is 0.0262. The van der Waals surface area contributed by atoms with Crippen LogP contribution >= 0.6 is 0 Å². The number of nitrogens with zero attached hydrogens (tertiary/aromatic N) is 1. The molecule has 0 saturated heterocycles. The van der Waals surface area contributed by atoms with Crippen LogP contribution in [0.15, 0.2) is 5.16 Å². The monoisotopic (exact) mass is 101 g/mol. The Bertz CT molecular complexity index is 81.8. The molecule has 0 bridgehead atoms. The molecule has 7 heavy (non-hydrogen) atoms. The molecule has 1 rings (SSSR count). The summed E-state index contributed by atoms with van der Waals surface area (Å²) in [4.78, 5) is 4.63. The molecule has 0 N–H and O–H groups in total. The number of ether oxygens (including phenoxy) is 1. The van der Waals surface area contributed by atoms with Crippen molar-refractivity contribution in [1.29, 1.82) is 0 Å². The van der Waals surface area contributed by atoms with Crippen molar-refractivity contribution in [2.75, 3.05) is 6.61 Å². The third-order valence-electron chi connectivity index (χ3n) is 0.720. The first-order valence-electron chi connectivity index (χ1n) is 2.19. The van der Waals surface area contributed by atoms with Gasteiger partial charge in [0.15, 0.2) is 6.61 Å². The maximum absolute atomic E-state index is 4.86. The first kappa shape index (κ1) is 4.43. The second-order valence-electron chi connectivity index (χ2n) is 1.45. The van der Waals surface area contributed by atoms with Gasteiger partial charge in [0.1, 0.15) is 6.10 Å². The molecule has 0 aromatic carbocycles. The second kappa shape index (κ2) is 1.82. The minimum Gasteiger partial charge on any atom is -0.474 e. The number of oxime groups is 1. The molecule has 1 atom stereocenters. The van der Waals surface area contributed by atoms with E-state index in [2.05, 4.69) is 9.99 Å². The van der Waals surface area contributed by atoms with Crippen LogP contribution in [0, 0.1) is 0 Å². The molecule has 0 spiro atoms. The van der Waals surface area contributed by atoms with E-state index in [1.54, 1.807) is 0 Å². The average Bonchev–Trinajstić information content (AvgIpc) is 1.69. The number of rotatable bonds is 0. The highest BCUT2D eigenvalue weighted by Crippen LogP contribution is 1.94. The first-order chi connectivity index (χ1) is 3.39. The quantitative estimate of drug-likeness (QED) is 0.441. The van der Waals surface area contributed by atoms with E-state index in [9.17, 15) is 0 Å².